The molecule has 3 amide bonds. The van der Waals surface area contributed by atoms with Gasteiger partial charge in [-0.3, -0.25) is 24.5 Å². The van der Waals surface area contributed by atoms with Crippen molar-refractivity contribution in [2.75, 3.05) is 0 Å². The third-order valence-corrected chi connectivity index (χ3v) is 5.71. The van der Waals surface area contributed by atoms with Gasteiger partial charge in [-0.25, -0.2) is 0 Å². The van der Waals surface area contributed by atoms with E-state index in [9.17, 15) is 19.2 Å². The molecule has 0 aliphatic carbocycles. The van der Waals surface area contributed by atoms with Crippen LogP contribution in [-0.2, 0) is 16.1 Å². The summed E-state index contributed by atoms with van der Waals surface area (Å²) in [6.07, 6.45) is 0.927. The number of nitrogens with zero attached hydrogens (tertiary/aromatic N) is 1. The second-order valence-electron chi connectivity index (χ2n) is 7.71. The monoisotopic (exact) mass is 390 g/mol. The molecule has 2 aromatic carbocycles. The summed E-state index contributed by atoms with van der Waals surface area (Å²) in [5, 5.41) is 2.29. The van der Waals surface area contributed by atoms with E-state index in [4.69, 9.17) is 0 Å². The summed E-state index contributed by atoms with van der Waals surface area (Å²) in [5.74, 6) is -0.855. The minimum atomic E-state index is -0.648. The van der Waals surface area contributed by atoms with Gasteiger partial charge >= 0.3 is 0 Å². The van der Waals surface area contributed by atoms with Gasteiger partial charge in [0.25, 0.3) is 5.91 Å². The largest absolute Gasteiger partial charge is 0.322 e. The number of hydrogen-bond donors (Lipinski definition) is 1. The number of imide groups is 1. The van der Waals surface area contributed by atoms with E-state index in [-0.39, 0.29) is 36.5 Å². The van der Waals surface area contributed by atoms with Crippen LogP contribution in [0.25, 0.3) is 0 Å². The summed E-state index contributed by atoms with van der Waals surface area (Å²) in [4.78, 5) is 50.5. The van der Waals surface area contributed by atoms with Gasteiger partial charge in [-0.1, -0.05) is 43.3 Å². The van der Waals surface area contributed by atoms with Crippen molar-refractivity contribution in [2.24, 2.45) is 0 Å². The molecule has 1 unspecified atom stereocenters. The Bertz CT molecular complexity index is 999. The lowest BCUT2D eigenvalue weighted by atomic mass is 9.92. The molecular formula is C23H22N2O4. The number of ketones is 1. The molecule has 1 N–H and O–H groups in total. The minimum Gasteiger partial charge on any atom is -0.322 e. The van der Waals surface area contributed by atoms with Gasteiger partial charge < -0.3 is 4.90 Å². The van der Waals surface area contributed by atoms with Gasteiger partial charge in [-0.2, -0.15) is 0 Å². The van der Waals surface area contributed by atoms with Crippen molar-refractivity contribution in [3.63, 3.8) is 0 Å². The molecule has 6 heteroatoms. The SMILES string of the molecule is C[C@H](CC(=O)c1ccc2c(c1)CN(C1CCC(=O)NC1=O)C2=O)c1ccccc1. The maximum Gasteiger partial charge on any atom is 0.255 e. The van der Waals surface area contributed by atoms with Crippen molar-refractivity contribution in [3.05, 3.63) is 70.8 Å². The number of piperidine rings is 1. The first-order chi connectivity index (χ1) is 13.9. The Morgan fingerprint density at radius 1 is 1.14 bits per heavy atom. The van der Waals surface area contributed by atoms with E-state index in [0.717, 1.165) is 11.1 Å². The summed E-state index contributed by atoms with van der Waals surface area (Å²) >= 11 is 0. The summed E-state index contributed by atoms with van der Waals surface area (Å²) in [7, 11) is 0. The normalized spacial score (nSPS) is 19.7. The molecule has 0 radical (unpaired) electrons. The van der Waals surface area contributed by atoms with Crippen molar-refractivity contribution >= 4 is 23.5 Å². The second-order valence-corrected chi connectivity index (χ2v) is 7.71. The van der Waals surface area contributed by atoms with E-state index in [2.05, 4.69) is 5.32 Å². The number of hydrogen-bond acceptors (Lipinski definition) is 4. The summed E-state index contributed by atoms with van der Waals surface area (Å²) in [6, 6.07) is 14.4. The number of carbonyl (C=O) groups is 4. The Labute approximate surface area is 168 Å². The highest BCUT2D eigenvalue weighted by Gasteiger charge is 2.39. The predicted octanol–water partition coefficient (Wildman–Crippen LogP) is 2.82. The van der Waals surface area contributed by atoms with Crippen LogP contribution in [0.2, 0.25) is 0 Å². The molecule has 6 nitrogen and oxygen atoms in total. The number of carbonyl (C=O) groups excluding carboxylic acids is 4. The average molecular weight is 390 g/mol. The lowest BCUT2D eigenvalue weighted by Crippen LogP contribution is -2.52. The van der Waals surface area contributed by atoms with Crippen LogP contribution in [0.15, 0.2) is 48.5 Å². The Hall–Kier alpha value is -3.28. The fraction of sp³-hybridized carbons (Fsp3) is 0.304. The zero-order valence-electron chi connectivity index (χ0n) is 16.2. The lowest BCUT2D eigenvalue weighted by molar-refractivity contribution is -0.136. The van der Waals surface area contributed by atoms with Crippen LogP contribution in [0.1, 0.15) is 63.9 Å². The van der Waals surface area contributed by atoms with Crippen molar-refractivity contribution in [3.8, 4) is 0 Å². The highest BCUT2D eigenvalue weighted by Crippen LogP contribution is 2.29. The number of amides is 3. The summed E-state index contributed by atoms with van der Waals surface area (Å²) in [5.41, 5.74) is 2.95. The molecule has 0 saturated carbocycles. The molecule has 1 fully saturated rings. The van der Waals surface area contributed by atoms with Gasteiger partial charge in [0.2, 0.25) is 11.8 Å². The van der Waals surface area contributed by atoms with Gasteiger partial charge in [0.05, 0.1) is 0 Å². The molecular weight excluding hydrogens is 368 g/mol. The van der Waals surface area contributed by atoms with Crippen molar-refractivity contribution < 1.29 is 19.2 Å². The second kappa shape index (κ2) is 7.62. The first kappa shape index (κ1) is 19.1. The summed E-state index contributed by atoms with van der Waals surface area (Å²) in [6.45, 7) is 2.30. The zero-order chi connectivity index (χ0) is 20.5. The van der Waals surface area contributed by atoms with E-state index in [1.165, 1.54) is 4.90 Å². The van der Waals surface area contributed by atoms with Crippen LogP contribution in [0, 0.1) is 0 Å². The molecule has 29 heavy (non-hydrogen) atoms. The topological polar surface area (TPSA) is 83.6 Å². The Morgan fingerprint density at radius 3 is 2.62 bits per heavy atom. The molecule has 2 aliphatic rings. The molecule has 0 bridgehead atoms. The van der Waals surface area contributed by atoms with E-state index < -0.39 is 11.9 Å². The number of benzene rings is 2. The molecule has 0 aromatic heterocycles. The van der Waals surface area contributed by atoms with E-state index in [1.54, 1.807) is 18.2 Å². The van der Waals surface area contributed by atoms with E-state index in [1.807, 2.05) is 37.3 Å². The molecule has 2 aliphatic heterocycles. The zero-order valence-corrected chi connectivity index (χ0v) is 16.2. The van der Waals surface area contributed by atoms with Gasteiger partial charge in [0, 0.05) is 30.5 Å². The first-order valence-electron chi connectivity index (χ1n) is 9.80. The van der Waals surface area contributed by atoms with Gasteiger partial charge in [-0.05, 0) is 35.6 Å². The molecule has 4 rings (SSSR count). The Balaban J connectivity index is 1.49. The third-order valence-electron chi connectivity index (χ3n) is 5.71. The van der Waals surface area contributed by atoms with Crippen molar-refractivity contribution in [1.29, 1.82) is 0 Å². The van der Waals surface area contributed by atoms with Crippen molar-refractivity contribution in [2.45, 2.75) is 44.7 Å². The molecule has 2 atom stereocenters. The molecule has 2 heterocycles. The smallest absolute Gasteiger partial charge is 0.255 e. The standard InChI is InChI=1S/C23H22N2O4/c1-14(15-5-3-2-4-6-15)11-20(26)16-7-8-18-17(12-16)13-25(23(18)29)19-9-10-21(27)24-22(19)28/h2-8,12,14,19H,9-11,13H2,1H3,(H,24,27,28)/t14-,19?/m1/s1. The van der Waals surface area contributed by atoms with Crippen LogP contribution < -0.4 is 5.32 Å². The molecule has 0 spiro atoms. The van der Waals surface area contributed by atoms with Crippen LogP contribution >= 0.6 is 0 Å². The molecule has 148 valence electrons. The number of fused-ring (bicyclic) bond motifs is 1. The van der Waals surface area contributed by atoms with Gasteiger partial charge in [-0.15, -0.1) is 0 Å². The first-order valence-corrected chi connectivity index (χ1v) is 9.80. The maximum absolute atomic E-state index is 12.8. The Morgan fingerprint density at radius 2 is 1.90 bits per heavy atom. The average Bonchev–Trinajstić information content (AvgIpc) is 3.04. The molecule has 1 saturated heterocycles. The minimum absolute atomic E-state index is 0.0241. The number of Topliss-reactive ketones (excluding diaryl/α,β-unsaturated/α-hetero) is 1. The quantitative estimate of drug-likeness (QED) is 0.629. The van der Waals surface area contributed by atoms with E-state index >= 15 is 0 Å². The van der Waals surface area contributed by atoms with Gasteiger partial charge in [0.15, 0.2) is 5.78 Å². The fourth-order valence-electron chi connectivity index (χ4n) is 4.04. The highest BCUT2D eigenvalue weighted by atomic mass is 16.2. The van der Waals surface area contributed by atoms with Crippen LogP contribution in [-0.4, -0.2) is 34.4 Å². The predicted molar refractivity (Wildman–Crippen MR) is 106 cm³/mol. The van der Waals surface area contributed by atoms with Crippen LogP contribution in [0.5, 0.6) is 0 Å². The fourth-order valence-corrected chi connectivity index (χ4v) is 4.04. The van der Waals surface area contributed by atoms with E-state index in [0.29, 0.717) is 24.0 Å². The summed E-state index contributed by atoms with van der Waals surface area (Å²) < 4.78 is 0. The lowest BCUT2D eigenvalue weighted by Gasteiger charge is -2.29. The highest BCUT2D eigenvalue weighted by molar-refractivity contribution is 6.06. The Kier molecular flexibility index (Phi) is 5.01. The number of nitrogens with one attached hydrogen (secondary N) is 1. The maximum atomic E-state index is 12.8. The van der Waals surface area contributed by atoms with Crippen molar-refractivity contribution in [1.82, 2.24) is 10.2 Å². The van der Waals surface area contributed by atoms with Gasteiger partial charge in [0.1, 0.15) is 6.04 Å². The van der Waals surface area contributed by atoms with Crippen LogP contribution in [0.4, 0.5) is 0 Å². The molecule has 2 aromatic rings. The number of rotatable bonds is 5. The van der Waals surface area contributed by atoms with Crippen LogP contribution in [0.3, 0.4) is 0 Å². The third kappa shape index (κ3) is 3.70.